The predicted molar refractivity (Wildman–Crippen MR) is 120 cm³/mol. The molecule has 1 aliphatic rings. The topological polar surface area (TPSA) is 82.5 Å². The summed E-state index contributed by atoms with van der Waals surface area (Å²) in [6, 6.07) is 11.5. The van der Waals surface area contributed by atoms with Crippen molar-refractivity contribution < 1.29 is 18.7 Å². The molecule has 1 atom stereocenters. The number of nitrogens with zero attached hydrogens (tertiary/aromatic N) is 2. The van der Waals surface area contributed by atoms with Gasteiger partial charge in [0.2, 0.25) is 5.91 Å². The standard InChI is InChI=1S/C23H22FN3O4S/c1-27-21-20(22(29)26-23(27)32-12-13-4-6-14(24)7-5-13)17(11-19(28)25-21)16-9-8-15(30-2)10-18(16)31-3/h4-10,17H,11-12H2,1-3H3,(H,25,28)/t17-/m0/s1. The molecule has 9 heteroatoms. The molecule has 0 radical (unpaired) electrons. The van der Waals surface area contributed by atoms with Gasteiger partial charge in [0.25, 0.3) is 5.56 Å². The number of fused-ring (bicyclic) bond motifs is 1. The molecular formula is C23H22FN3O4S. The number of carbonyl (C=O) groups excluding carboxylic acids is 1. The molecule has 1 N–H and O–H groups in total. The first kappa shape index (κ1) is 21.9. The highest BCUT2D eigenvalue weighted by atomic mass is 32.2. The highest BCUT2D eigenvalue weighted by Gasteiger charge is 2.33. The largest absolute Gasteiger partial charge is 0.497 e. The van der Waals surface area contributed by atoms with E-state index in [1.54, 1.807) is 49.1 Å². The minimum Gasteiger partial charge on any atom is -0.497 e. The van der Waals surface area contributed by atoms with Crippen molar-refractivity contribution >= 4 is 23.5 Å². The average molecular weight is 456 g/mol. The van der Waals surface area contributed by atoms with Gasteiger partial charge in [-0.3, -0.25) is 9.59 Å². The number of benzene rings is 2. The molecule has 7 nitrogen and oxygen atoms in total. The van der Waals surface area contributed by atoms with Gasteiger partial charge in [-0.15, -0.1) is 0 Å². The number of halogens is 1. The molecule has 0 fully saturated rings. The van der Waals surface area contributed by atoms with Crippen LogP contribution in [0.15, 0.2) is 52.4 Å². The molecule has 0 spiro atoms. The Morgan fingerprint density at radius 3 is 2.59 bits per heavy atom. The van der Waals surface area contributed by atoms with Crippen LogP contribution >= 0.6 is 11.8 Å². The van der Waals surface area contributed by atoms with Crippen molar-refractivity contribution in [2.75, 3.05) is 19.5 Å². The van der Waals surface area contributed by atoms with Crippen LogP contribution in [-0.2, 0) is 17.6 Å². The van der Waals surface area contributed by atoms with Gasteiger partial charge in [-0.05, 0) is 23.8 Å². The first-order valence-corrected chi connectivity index (χ1v) is 10.9. The predicted octanol–water partition coefficient (Wildman–Crippen LogP) is 3.70. The monoisotopic (exact) mass is 455 g/mol. The van der Waals surface area contributed by atoms with Crippen molar-refractivity contribution in [2.24, 2.45) is 7.05 Å². The van der Waals surface area contributed by atoms with E-state index >= 15 is 0 Å². The summed E-state index contributed by atoms with van der Waals surface area (Å²) in [5.74, 6) is 1.07. The van der Waals surface area contributed by atoms with Crippen molar-refractivity contribution in [2.45, 2.75) is 23.2 Å². The molecule has 1 aliphatic heterocycles. The summed E-state index contributed by atoms with van der Waals surface area (Å²) in [5, 5.41) is 3.29. The summed E-state index contributed by atoms with van der Waals surface area (Å²) < 4.78 is 25.6. The maximum Gasteiger partial charge on any atom is 0.279 e. The lowest BCUT2D eigenvalue weighted by Crippen LogP contribution is -2.33. The van der Waals surface area contributed by atoms with E-state index in [4.69, 9.17) is 9.47 Å². The van der Waals surface area contributed by atoms with Crippen LogP contribution in [0, 0.1) is 5.82 Å². The Morgan fingerprint density at radius 1 is 1.16 bits per heavy atom. The minimum absolute atomic E-state index is 0.106. The number of ether oxygens (including phenoxy) is 2. The van der Waals surface area contributed by atoms with Crippen LogP contribution in [0.4, 0.5) is 10.2 Å². The summed E-state index contributed by atoms with van der Waals surface area (Å²) in [5.41, 5.74) is 1.63. The molecule has 0 saturated heterocycles. The summed E-state index contributed by atoms with van der Waals surface area (Å²) >= 11 is 1.34. The van der Waals surface area contributed by atoms with E-state index < -0.39 is 11.5 Å². The Kier molecular flexibility index (Phi) is 6.18. The number of aromatic nitrogens is 2. The van der Waals surface area contributed by atoms with Crippen molar-refractivity contribution in [3.8, 4) is 11.5 Å². The van der Waals surface area contributed by atoms with Gasteiger partial charge in [-0.25, -0.2) is 4.39 Å². The van der Waals surface area contributed by atoms with Crippen LogP contribution in [0.5, 0.6) is 11.5 Å². The molecule has 166 valence electrons. The van der Waals surface area contributed by atoms with Crippen LogP contribution < -0.4 is 20.3 Å². The lowest BCUT2D eigenvalue weighted by molar-refractivity contribution is -0.116. The molecule has 0 aliphatic carbocycles. The second kappa shape index (κ2) is 9.04. The number of thioether (sulfide) groups is 1. The molecule has 1 aromatic heterocycles. The van der Waals surface area contributed by atoms with Gasteiger partial charge >= 0.3 is 0 Å². The second-order valence-electron chi connectivity index (χ2n) is 7.35. The molecular weight excluding hydrogens is 433 g/mol. The molecule has 0 bridgehead atoms. The van der Waals surface area contributed by atoms with Crippen LogP contribution in [0.1, 0.15) is 29.0 Å². The number of carbonyl (C=O) groups is 1. The summed E-state index contributed by atoms with van der Waals surface area (Å²) in [7, 11) is 4.85. The van der Waals surface area contributed by atoms with Crippen molar-refractivity contribution in [1.82, 2.24) is 9.55 Å². The van der Waals surface area contributed by atoms with Crippen molar-refractivity contribution in [3.05, 3.63) is 75.3 Å². The smallest absolute Gasteiger partial charge is 0.279 e. The summed E-state index contributed by atoms with van der Waals surface area (Å²) in [6.07, 6.45) is 0.106. The number of rotatable bonds is 6. The molecule has 2 heterocycles. The third-order valence-corrected chi connectivity index (χ3v) is 6.50. The van der Waals surface area contributed by atoms with E-state index in [1.165, 1.54) is 31.0 Å². The Balaban J connectivity index is 1.73. The number of amides is 1. The van der Waals surface area contributed by atoms with E-state index in [9.17, 15) is 14.0 Å². The molecule has 0 saturated carbocycles. The minimum atomic E-state index is -0.498. The Morgan fingerprint density at radius 2 is 1.91 bits per heavy atom. The van der Waals surface area contributed by atoms with Crippen molar-refractivity contribution in [3.63, 3.8) is 0 Å². The maximum absolute atomic E-state index is 13.1. The van der Waals surface area contributed by atoms with E-state index in [-0.39, 0.29) is 18.1 Å². The van der Waals surface area contributed by atoms with E-state index in [0.717, 1.165) is 11.1 Å². The first-order chi connectivity index (χ1) is 15.4. The summed E-state index contributed by atoms with van der Waals surface area (Å²) in [4.78, 5) is 30.0. The van der Waals surface area contributed by atoms with Gasteiger partial charge < -0.3 is 19.4 Å². The Labute approximate surface area is 188 Å². The van der Waals surface area contributed by atoms with E-state index in [0.29, 0.717) is 33.8 Å². The van der Waals surface area contributed by atoms with E-state index in [2.05, 4.69) is 10.3 Å². The van der Waals surface area contributed by atoms with Crippen LogP contribution in [0.2, 0.25) is 0 Å². The highest BCUT2D eigenvalue weighted by molar-refractivity contribution is 7.98. The van der Waals surface area contributed by atoms with Gasteiger partial charge in [-0.2, -0.15) is 4.98 Å². The van der Waals surface area contributed by atoms with Crippen molar-refractivity contribution in [1.29, 1.82) is 0 Å². The van der Waals surface area contributed by atoms with Crippen LogP contribution in [-0.4, -0.2) is 29.7 Å². The zero-order valence-corrected chi connectivity index (χ0v) is 18.7. The number of hydrogen-bond donors (Lipinski definition) is 1. The highest BCUT2D eigenvalue weighted by Crippen LogP contribution is 2.40. The van der Waals surface area contributed by atoms with Gasteiger partial charge in [0.05, 0.1) is 19.8 Å². The van der Waals surface area contributed by atoms with E-state index in [1.807, 2.05) is 0 Å². The molecule has 3 aromatic rings. The number of nitrogens with one attached hydrogen (secondary N) is 1. The zero-order valence-electron chi connectivity index (χ0n) is 17.8. The van der Waals surface area contributed by atoms with Gasteiger partial charge in [-0.1, -0.05) is 30.0 Å². The SMILES string of the molecule is COc1ccc([C@@H]2CC(=O)Nc3c2c(=O)nc(SCc2ccc(F)cc2)n3C)c(OC)c1. The lowest BCUT2D eigenvalue weighted by Gasteiger charge is -2.28. The van der Waals surface area contributed by atoms with Gasteiger partial charge in [0.15, 0.2) is 5.16 Å². The normalized spacial score (nSPS) is 15.1. The van der Waals surface area contributed by atoms with Gasteiger partial charge in [0.1, 0.15) is 23.1 Å². The quantitative estimate of drug-likeness (QED) is 0.451. The number of methoxy groups -OCH3 is 2. The van der Waals surface area contributed by atoms with Gasteiger partial charge in [0, 0.05) is 36.8 Å². The average Bonchev–Trinajstić information content (AvgIpc) is 2.80. The molecule has 1 amide bonds. The summed E-state index contributed by atoms with van der Waals surface area (Å²) in [6.45, 7) is 0. The fourth-order valence-electron chi connectivity index (χ4n) is 3.76. The Bertz CT molecular complexity index is 1230. The number of anilines is 1. The van der Waals surface area contributed by atoms with Crippen LogP contribution in [0.25, 0.3) is 0 Å². The molecule has 0 unspecified atom stereocenters. The van der Waals surface area contributed by atoms with Crippen LogP contribution in [0.3, 0.4) is 0 Å². The third-order valence-electron chi connectivity index (χ3n) is 5.40. The first-order valence-electron chi connectivity index (χ1n) is 9.91. The fraction of sp³-hybridized carbons (Fsp3) is 0.261. The number of hydrogen-bond acceptors (Lipinski definition) is 6. The lowest BCUT2D eigenvalue weighted by atomic mass is 9.86. The molecule has 4 rings (SSSR count). The fourth-order valence-corrected chi connectivity index (χ4v) is 4.69. The maximum atomic E-state index is 13.1. The third kappa shape index (κ3) is 4.20. The molecule has 2 aromatic carbocycles. The zero-order chi connectivity index (χ0) is 22.8. The molecule has 32 heavy (non-hydrogen) atoms. The Hall–Kier alpha value is -3.33. The second-order valence-corrected chi connectivity index (χ2v) is 8.29.